The van der Waals surface area contributed by atoms with Crippen LogP contribution in [-0.2, 0) is 19.3 Å². The zero-order chi connectivity index (χ0) is 10.9. The average molecular weight is 225 g/mol. The van der Waals surface area contributed by atoms with Gasteiger partial charge in [0.15, 0.2) is 0 Å². The second-order valence-electron chi connectivity index (χ2n) is 4.86. The quantitative estimate of drug-likeness (QED) is 0.825. The molecule has 1 atom stereocenters. The highest BCUT2D eigenvalue weighted by Gasteiger charge is 2.21. The van der Waals surface area contributed by atoms with Crippen molar-refractivity contribution in [2.45, 2.75) is 44.6 Å². The van der Waals surface area contributed by atoms with E-state index in [4.69, 9.17) is 10.8 Å². The van der Waals surface area contributed by atoms with Crippen LogP contribution in [0.4, 0.5) is 0 Å². The molecule has 1 aromatic rings. The second-order valence-corrected chi connectivity index (χ2v) is 6.08. The fourth-order valence-electron chi connectivity index (χ4n) is 2.09. The smallest absolute Gasteiger partial charge is 0.0612 e. The van der Waals surface area contributed by atoms with Crippen LogP contribution >= 0.6 is 11.3 Å². The third-order valence-corrected chi connectivity index (χ3v) is 4.22. The maximum absolute atomic E-state index is 9.14. The summed E-state index contributed by atoms with van der Waals surface area (Å²) in [5.74, 6) is 0. The zero-order valence-electron chi connectivity index (χ0n) is 9.25. The van der Waals surface area contributed by atoms with Gasteiger partial charge in [-0.3, -0.25) is 0 Å². The van der Waals surface area contributed by atoms with Crippen molar-refractivity contribution in [1.82, 2.24) is 0 Å². The number of fused-ring (bicyclic) bond motifs is 1. The number of hydrogen-bond acceptors (Lipinski definition) is 3. The van der Waals surface area contributed by atoms with E-state index in [9.17, 15) is 0 Å². The van der Waals surface area contributed by atoms with Crippen molar-refractivity contribution in [1.29, 1.82) is 0 Å². The predicted molar refractivity (Wildman–Crippen MR) is 64.3 cm³/mol. The lowest BCUT2D eigenvalue weighted by Gasteiger charge is -2.20. The lowest BCUT2D eigenvalue weighted by molar-refractivity contribution is 0.209. The van der Waals surface area contributed by atoms with E-state index in [-0.39, 0.29) is 6.61 Å². The van der Waals surface area contributed by atoms with Gasteiger partial charge in [-0.2, -0.15) is 0 Å². The van der Waals surface area contributed by atoms with Gasteiger partial charge in [0.1, 0.15) is 0 Å². The summed E-state index contributed by atoms with van der Waals surface area (Å²) in [5, 5.41) is 9.14. The fraction of sp³-hybridized carbons (Fsp3) is 0.667. The molecule has 2 rings (SSSR count). The van der Waals surface area contributed by atoms with Crippen molar-refractivity contribution in [3.05, 3.63) is 21.4 Å². The summed E-state index contributed by atoms with van der Waals surface area (Å²) in [4.78, 5) is 2.88. The number of aliphatic hydroxyl groups is 1. The van der Waals surface area contributed by atoms with Gasteiger partial charge >= 0.3 is 0 Å². The molecule has 0 saturated heterocycles. The molecule has 0 radical (unpaired) electrons. The lowest BCUT2D eigenvalue weighted by atomic mass is 9.96. The number of thiophene rings is 1. The van der Waals surface area contributed by atoms with Gasteiger partial charge in [0.05, 0.1) is 6.61 Å². The van der Waals surface area contributed by atoms with Crippen molar-refractivity contribution in [2.75, 3.05) is 6.61 Å². The molecule has 1 heterocycles. The molecule has 1 aliphatic rings. The molecule has 0 aliphatic heterocycles. The lowest BCUT2D eigenvalue weighted by Crippen LogP contribution is -2.42. The first-order valence-corrected chi connectivity index (χ1v) is 6.42. The molecule has 0 bridgehead atoms. The first-order chi connectivity index (χ1) is 7.11. The Labute approximate surface area is 95.1 Å². The van der Waals surface area contributed by atoms with Crippen LogP contribution in [0.25, 0.3) is 0 Å². The van der Waals surface area contributed by atoms with E-state index in [1.807, 2.05) is 18.3 Å². The van der Waals surface area contributed by atoms with Gasteiger partial charge in [0.25, 0.3) is 0 Å². The second kappa shape index (κ2) is 4.24. The predicted octanol–water partition coefficient (Wildman–Crippen LogP) is 1.88. The molecule has 1 aromatic heterocycles. The zero-order valence-corrected chi connectivity index (χ0v) is 10.1. The molecule has 15 heavy (non-hydrogen) atoms. The summed E-state index contributed by atoms with van der Waals surface area (Å²) in [6.45, 7) is 1.96. The highest BCUT2D eigenvalue weighted by molar-refractivity contribution is 7.12. The summed E-state index contributed by atoms with van der Waals surface area (Å²) in [7, 11) is 0. The van der Waals surface area contributed by atoms with Crippen LogP contribution in [0.2, 0.25) is 0 Å². The Hall–Kier alpha value is -0.380. The van der Waals surface area contributed by atoms with Crippen molar-refractivity contribution in [3.63, 3.8) is 0 Å². The van der Waals surface area contributed by atoms with Crippen LogP contribution in [0.15, 0.2) is 6.07 Å². The van der Waals surface area contributed by atoms with Crippen molar-refractivity contribution >= 4 is 11.3 Å². The maximum atomic E-state index is 9.14. The van der Waals surface area contributed by atoms with Gasteiger partial charge in [-0.15, -0.1) is 11.3 Å². The highest BCUT2D eigenvalue weighted by atomic mass is 32.1. The molecule has 0 saturated carbocycles. The normalized spacial score (nSPS) is 19.7. The summed E-state index contributed by atoms with van der Waals surface area (Å²) >= 11 is 1.89. The molecule has 2 nitrogen and oxygen atoms in total. The van der Waals surface area contributed by atoms with Crippen LogP contribution < -0.4 is 5.73 Å². The van der Waals surface area contributed by atoms with Crippen molar-refractivity contribution in [3.8, 4) is 0 Å². The summed E-state index contributed by atoms with van der Waals surface area (Å²) in [6.07, 6.45) is 5.91. The number of hydrogen-bond donors (Lipinski definition) is 2. The Bertz CT molecular complexity index is 320. The summed E-state index contributed by atoms with van der Waals surface area (Å²) in [6, 6.07) is 2.29. The Balaban J connectivity index is 2.13. The third kappa shape index (κ3) is 2.60. The minimum atomic E-state index is -0.465. The minimum absolute atomic E-state index is 0.0512. The van der Waals surface area contributed by atoms with Crippen LogP contribution in [0, 0.1) is 0 Å². The Morgan fingerprint density at radius 2 is 2.20 bits per heavy atom. The third-order valence-electron chi connectivity index (χ3n) is 2.99. The molecule has 0 amide bonds. The van der Waals surface area contributed by atoms with E-state index >= 15 is 0 Å². The summed E-state index contributed by atoms with van der Waals surface area (Å²) in [5.41, 5.74) is 7.02. The molecule has 3 heteroatoms. The van der Waals surface area contributed by atoms with Gasteiger partial charge < -0.3 is 10.8 Å². The molecular weight excluding hydrogens is 206 g/mol. The maximum Gasteiger partial charge on any atom is 0.0612 e. The molecule has 0 fully saturated rings. The Morgan fingerprint density at radius 3 is 2.87 bits per heavy atom. The van der Waals surface area contributed by atoms with Crippen molar-refractivity contribution in [2.24, 2.45) is 5.73 Å². The standard InChI is InChI=1S/C12H19NOS/c1-12(13,8-14)7-10-6-9-4-2-3-5-11(9)15-10/h6,14H,2-5,7-8,13H2,1H3. The van der Waals surface area contributed by atoms with Gasteiger partial charge in [0, 0.05) is 21.7 Å². The molecule has 1 unspecified atom stereocenters. The first-order valence-electron chi connectivity index (χ1n) is 5.61. The number of aryl methyl sites for hydroxylation is 2. The minimum Gasteiger partial charge on any atom is -0.394 e. The SMILES string of the molecule is CC(N)(CO)Cc1cc2c(s1)CCCC2. The van der Waals surface area contributed by atoms with Gasteiger partial charge in [0.2, 0.25) is 0 Å². The average Bonchev–Trinajstić information content (AvgIpc) is 2.58. The van der Waals surface area contributed by atoms with E-state index in [1.165, 1.54) is 36.1 Å². The number of aliphatic hydroxyl groups excluding tert-OH is 1. The van der Waals surface area contributed by atoms with Crippen LogP contribution in [0.5, 0.6) is 0 Å². The molecule has 84 valence electrons. The Morgan fingerprint density at radius 1 is 1.47 bits per heavy atom. The first kappa shape index (κ1) is 11.1. The number of nitrogens with two attached hydrogens (primary N) is 1. The topological polar surface area (TPSA) is 46.2 Å². The van der Waals surface area contributed by atoms with E-state index < -0.39 is 5.54 Å². The largest absolute Gasteiger partial charge is 0.394 e. The molecule has 3 N–H and O–H groups in total. The van der Waals surface area contributed by atoms with E-state index in [1.54, 1.807) is 4.88 Å². The van der Waals surface area contributed by atoms with Crippen molar-refractivity contribution < 1.29 is 5.11 Å². The summed E-state index contributed by atoms with van der Waals surface area (Å²) < 4.78 is 0. The monoisotopic (exact) mass is 225 g/mol. The van der Waals surface area contributed by atoms with Crippen LogP contribution in [-0.4, -0.2) is 17.3 Å². The van der Waals surface area contributed by atoms with E-state index in [0.717, 1.165) is 6.42 Å². The van der Waals surface area contributed by atoms with Crippen LogP contribution in [0.3, 0.4) is 0 Å². The van der Waals surface area contributed by atoms with Gasteiger partial charge in [-0.25, -0.2) is 0 Å². The molecule has 0 spiro atoms. The Kier molecular flexibility index (Phi) is 3.14. The molecule has 1 aliphatic carbocycles. The number of rotatable bonds is 3. The van der Waals surface area contributed by atoms with Gasteiger partial charge in [-0.05, 0) is 44.2 Å². The molecule has 0 aromatic carbocycles. The van der Waals surface area contributed by atoms with E-state index in [2.05, 4.69) is 6.07 Å². The van der Waals surface area contributed by atoms with Crippen LogP contribution in [0.1, 0.15) is 35.1 Å². The van der Waals surface area contributed by atoms with E-state index in [0.29, 0.717) is 0 Å². The molecular formula is C12H19NOS. The highest BCUT2D eigenvalue weighted by Crippen LogP contribution is 2.31. The van der Waals surface area contributed by atoms with Gasteiger partial charge in [-0.1, -0.05) is 0 Å². The fourth-order valence-corrected chi connectivity index (χ4v) is 3.55.